The number of carbonyl (C=O) groups is 1. The van der Waals surface area contributed by atoms with Crippen LogP contribution < -0.4 is 14.4 Å². The second-order valence-electron chi connectivity index (χ2n) is 5.15. The summed E-state index contributed by atoms with van der Waals surface area (Å²) < 4.78 is 30.2. The molecule has 1 N–H and O–H groups in total. The molecule has 6 nitrogen and oxygen atoms in total. The molecule has 0 aliphatic carbocycles. The van der Waals surface area contributed by atoms with Crippen molar-refractivity contribution in [3.63, 3.8) is 0 Å². The zero-order chi connectivity index (χ0) is 18.6. The molecule has 0 fully saturated rings. The van der Waals surface area contributed by atoms with Gasteiger partial charge in [-0.05, 0) is 36.4 Å². The number of benzene rings is 2. The third-order valence-electron chi connectivity index (χ3n) is 3.22. The van der Waals surface area contributed by atoms with E-state index >= 15 is 0 Å². The van der Waals surface area contributed by atoms with Gasteiger partial charge < -0.3 is 10.1 Å². The Morgan fingerprint density at radius 2 is 1.92 bits per heavy atom. The van der Waals surface area contributed by atoms with Crippen LogP contribution in [0.4, 0.5) is 11.4 Å². The Morgan fingerprint density at radius 1 is 1.20 bits per heavy atom. The van der Waals surface area contributed by atoms with E-state index in [4.69, 9.17) is 27.9 Å². The highest BCUT2D eigenvalue weighted by Crippen LogP contribution is 2.30. The monoisotopic (exact) mass is 402 g/mol. The molecule has 2 aromatic rings. The van der Waals surface area contributed by atoms with E-state index in [0.717, 1.165) is 10.6 Å². The molecule has 25 heavy (non-hydrogen) atoms. The summed E-state index contributed by atoms with van der Waals surface area (Å²) in [7, 11) is -2.25. The van der Waals surface area contributed by atoms with Gasteiger partial charge >= 0.3 is 0 Å². The average molecular weight is 403 g/mol. The minimum absolute atomic E-state index is 0.240. The number of amides is 1. The van der Waals surface area contributed by atoms with Gasteiger partial charge in [0.1, 0.15) is 12.3 Å². The Balaban J connectivity index is 2.24. The van der Waals surface area contributed by atoms with E-state index in [1.165, 1.54) is 25.3 Å². The molecule has 0 spiro atoms. The van der Waals surface area contributed by atoms with Gasteiger partial charge in [0, 0.05) is 10.7 Å². The SMILES string of the molecule is COc1ccc(N(CC(=O)Nc2cccc(Cl)c2)S(C)(=O)=O)cc1Cl. The molecule has 0 heterocycles. The summed E-state index contributed by atoms with van der Waals surface area (Å²) in [4.78, 5) is 12.2. The van der Waals surface area contributed by atoms with Crippen LogP contribution in [0.5, 0.6) is 5.75 Å². The predicted molar refractivity (Wildman–Crippen MR) is 100 cm³/mol. The predicted octanol–water partition coefficient (Wildman–Crippen LogP) is 3.41. The van der Waals surface area contributed by atoms with Crippen LogP contribution >= 0.6 is 23.2 Å². The van der Waals surface area contributed by atoms with Crippen LogP contribution in [0.3, 0.4) is 0 Å². The van der Waals surface area contributed by atoms with Crippen LogP contribution in [0, 0.1) is 0 Å². The summed E-state index contributed by atoms with van der Waals surface area (Å²) in [6.45, 7) is -0.409. The normalized spacial score (nSPS) is 11.0. The molecular weight excluding hydrogens is 387 g/mol. The maximum Gasteiger partial charge on any atom is 0.245 e. The van der Waals surface area contributed by atoms with Crippen LogP contribution in [-0.2, 0) is 14.8 Å². The summed E-state index contributed by atoms with van der Waals surface area (Å²) in [5.41, 5.74) is 0.730. The van der Waals surface area contributed by atoms with E-state index in [-0.39, 0.29) is 10.7 Å². The van der Waals surface area contributed by atoms with Crippen molar-refractivity contribution in [2.45, 2.75) is 0 Å². The third-order valence-corrected chi connectivity index (χ3v) is 4.89. The van der Waals surface area contributed by atoms with E-state index in [0.29, 0.717) is 16.5 Å². The number of halogens is 2. The van der Waals surface area contributed by atoms with Crippen molar-refractivity contribution < 1.29 is 17.9 Å². The minimum atomic E-state index is -3.70. The molecule has 0 unspecified atom stereocenters. The fraction of sp³-hybridized carbons (Fsp3) is 0.188. The number of hydrogen-bond acceptors (Lipinski definition) is 4. The number of methoxy groups -OCH3 is 1. The Labute approximate surface area is 156 Å². The summed E-state index contributed by atoms with van der Waals surface area (Å²) in [6.07, 6.45) is 1.01. The number of nitrogens with one attached hydrogen (secondary N) is 1. The van der Waals surface area contributed by atoms with Crippen molar-refractivity contribution in [2.24, 2.45) is 0 Å². The molecule has 0 saturated heterocycles. The number of rotatable bonds is 6. The minimum Gasteiger partial charge on any atom is -0.495 e. The van der Waals surface area contributed by atoms with Crippen LogP contribution in [0.15, 0.2) is 42.5 Å². The van der Waals surface area contributed by atoms with Crippen molar-refractivity contribution in [3.05, 3.63) is 52.5 Å². The van der Waals surface area contributed by atoms with Crippen LogP contribution in [0.2, 0.25) is 10.0 Å². The molecule has 2 rings (SSSR count). The topological polar surface area (TPSA) is 75.7 Å². The molecule has 0 saturated carbocycles. The molecular formula is C16H16Cl2N2O4S. The number of anilines is 2. The van der Waals surface area contributed by atoms with Crippen molar-refractivity contribution in [1.82, 2.24) is 0 Å². The maximum absolute atomic E-state index is 12.2. The first-order chi connectivity index (χ1) is 11.7. The molecule has 0 radical (unpaired) electrons. The standard InChI is InChI=1S/C16H16Cl2N2O4S/c1-24-15-7-6-13(9-14(15)18)20(25(2,22)23)10-16(21)19-12-5-3-4-11(17)8-12/h3-9H,10H2,1-2H3,(H,19,21). The lowest BCUT2D eigenvalue weighted by Gasteiger charge is -2.22. The van der Waals surface area contributed by atoms with E-state index in [2.05, 4.69) is 5.32 Å². The zero-order valence-corrected chi connectivity index (χ0v) is 15.8. The Kier molecular flexibility index (Phi) is 6.16. The van der Waals surface area contributed by atoms with E-state index < -0.39 is 22.5 Å². The number of carbonyl (C=O) groups excluding carboxylic acids is 1. The lowest BCUT2D eigenvalue weighted by molar-refractivity contribution is -0.114. The molecule has 0 aliphatic rings. The van der Waals surface area contributed by atoms with Gasteiger partial charge in [0.15, 0.2) is 0 Å². The van der Waals surface area contributed by atoms with Crippen molar-refractivity contribution >= 4 is 50.5 Å². The summed E-state index contributed by atoms with van der Waals surface area (Å²) >= 11 is 11.9. The second kappa shape index (κ2) is 7.95. The van der Waals surface area contributed by atoms with Gasteiger partial charge in [0.25, 0.3) is 0 Å². The van der Waals surface area contributed by atoms with Gasteiger partial charge in [-0.1, -0.05) is 29.3 Å². The van der Waals surface area contributed by atoms with Crippen molar-refractivity contribution in [3.8, 4) is 5.75 Å². The first-order valence-electron chi connectivity index (χ1n) is 7.07. The largest absolute Gasteiger partial charge is 0.495 e. The molecule has 0 atom stereocenters. The van der Waals surface area contributed by atoms with Crippen LogP contribution in [-0.4, -0.2) is 34.2 Å². The molecule has 2 aromatic carbocycles. The highest BCUT2D eigenvalue weighted by Gasteiger charge is 2.22. The molecule has 0 aromatic heterocycles. The van der Waals surface area contributed by atoms with Gasteiger partial charge in [-0.3, -0.25) is 9.10 Å². The Bertz CT molecular complexity index is 887. The molecule has 0 aliphatic heterocycles. The summed E-state index contributed by atoms with van der Waals surface area (Å²) in [5, 5.41) is 3.30. The van der Waals surface area contributed by atoms with Crippen LogP contribution in [0.25, 0.3) is 0 Å². The van der Waals surface area contributed by atoms with E-state index in [1.54, 1.807) is 24.3 Å². The van der Waals surface area contributed by atoms with E-state index in [9.17, 15) is 13.2 Å². The lowest BCUT2D eigenvalue weighted by Crippen LogP contribution is -2.37. The smallest absolute Gasteiger partial charge is 0.245 e. The third kappa shape index (κ3) is 5.26. The van der Waals surface area contributed by atoms with Gasteiger partial charge in [-0.25, -0.2) is 8.42 Å². The number of hydrogen-bond donors (Lipinski definition) is 1. The zero-order valence-electron chi connectivity index (χ0n) is 13.5. The number of nitrogens with zero attached hydrogens (tertiary/aromatic N) is 1. The number of sulfonamides is 1. The van der Waals surface area contributed by atoms with Crippen molar-refractivity contribution in [1.29, 1.82) is 0 Å². The fourth-order valence-electron chi connectivity index (χ4n) is 2.11. The number of ether oxygens (including phenoxy) is 1. The first-order valence-corrected chi connectivity index (χ1v) is 9.68. The molecule has 134 valence electrons. The van der Waals surface area contributed by atoms with Gasteiger partial charge in [0.05, 0.1) is 24.1 Å². The summed E-state index contributed by atoms with van der Waals surface area (Å²) in [6, 6.07) is 11.0. The highest BCUT2D eigenvalue weighted by molar-refractivity contribution is 7.92. The molecule has 9 heteroatoms. The summed E-state index contributed by atoms with van der Waals surface area (Å²) in [5.74, 6) is -0.109. The van der Waals surface area contributed by atoms with Gasteiger partial charge in [-0.15, -0.1) is 0 Å². The molecule has 1 amide bonds. The average Bonchev–Trinajstić information content (AvgIpc) is 2.51. The second-order valence-corrected chi connectivity index (χ2v) is 7.90. The van der Waals surface area contributed by atoms with Gasteiger partial charge in [-0.2, -0.15) is 0 Å². The van der Waals surface area contributed by atoms with E-state index in [1.807, 2.05) is 0 Å². The Hall–Kier alpha value is -1.96. The fourth-order valence-corrected chi connectivity index (χ4v) is 3.40. The van der Waals surface area contributed by atoms with Gasteiger partial charge in [0.2, 0.25) is 15.9 Å². The Morgan fingerprint density at radius 3 is 2.48 bits per heavy atom. The first kappa shape index (κ1) is 19.4. The van der Waals surface area contributed by atoms with Crippen LogP contribution in [0.1, 0.15) is 0 Å². The quantitative estimate of drug-likeness (QED) is 0.802. The molecule has 0 bridgehead atoms. The highest BCUT2D eigenvalue weighted by atomic mass is 35.5. The lowest BCUT2D eigenvalue weighted by atomic mass is 10.3. The maximum atomic E-state index is 12.2. The van der Waals surface area contributed by atoms with Crippen molar-refractivity contribution in [2.75, 3.05) is 29.5 Å².